The largest absolute Gasteiger partial charge is 0.450 e. The van der Waals surface area contributed by atoms with Crippen molar-refractivity contribution in [1.82, 2.24) is 4.90 Å². The summed E-state index contributed by atoms with van der Waals surface area (Å²) in [6, 6.07) is 8.97. The van der Waals surface area contributed by atoms with Gasteiger partial charge in [-0.2, -0.15) is 5.26 Å². The number of para-hydroxylation sites is 1. The van der Waals surface area contributed by atoms with Gasteiger partial charge in [0.05, 0.1) is 17.9 Å². The van der Waals surface area contributed by atoms with Gasteiger partial charge in [-0.3, -0.25) is 4.79 Å². The lowest BCUT2D eigenvalue weighted by molar-refractivity contribution is -0.121. The highest BCUT2D eigenvalue weighted by Gasteiger charge is 2.28. The fourth-order valence-electron chi connectivity index (χ4n) is 2.46. The van der Waals surface area contributed by atoms with Crippen LogP contribution in [0, 0.1) is 17.2 Å². The molecule has 1 aromatic rings. The summed E-state index contributed by atoms with van der Waals surface area (Å²) in [5, 5.41) is 11.8. The highest BCUT2D eigenvalue weighted by Crippen LogP contribution is 2.21. The molecule has 1 fully saturated rings. The van der Waals surface area contributed by atoms with Crippen LogP contribution in [0.4, 0.5) is 10.5 Å². The lowest BCUT2D eigenvalue weighted by Crippen LogP contribution is -2.41. The topological polar surface area (TPSA) is 82.4 Å². The second-order valence-corrected chi connectivity index (χ2v) is 5.11. The summed E-state index contributed by atoms with van der Waals surface area (Å²) in [5.41, 5.74) is 0.975. The quantitative estimate of drug-likeness (QED) is 0.929. The molecule has 116 valence electrons. The Kier molecular flexibility index (Phi) is 5.37. The molecule has 0 spiro atoms. The number of ether oxygens (including phenoxy) is 1. The average molecular weight is 301 g/mol. The highest BCUT2D eigenvalue weighted by molar-refractivity contribution is 5.93. The Bertz CT molecular complexity index is 587. The number of rotatable bonds is 3. The van der Waals surface area contributed by atoms with Crippen LogP contribution in [0.15, 0.2) is 24.3 Å². The molecule has 0 atom stereocenters. The fourth-order valence-corrected chi connectivity index (χ4v) is 2.46. The van der Waals surface area contributed by atoms with Crippen molar-refractivity contribution >= 4 is 17.7 Å². The van der Waals surface area contributed by atoms with Gasteiger partial charge >= 0.3 is 6.09 Å². The number of carbonyl (C=O) groups is 2. The molecule has 1 aliphatic heterocycles. The molecule has 2 rings (SSSR count). The van der Waals surface area contributed by atoms with Gasteiger partial charge in [0.2, 0.25) is 5.91 Å². The Morgan fingerprint density at radius 1 is 1.36 bits per heavy atom. The van der Waals surface area contributed by atoms with E-state index in [0.717, 1.165) is 0 Å². The Morgan fingerprint density at radius 2 is 2.05 bits per heavy atom. The van der Waals surface area contributed by atoms with Crippen molar-refractivity contribution in [2.45, 2.75) is 19.8 Å². The SMILES string of the molecule is CCOC(=O)N1CCC(C(=O)Nc2ccccc2C#N)CC1. The lowest BCUT2D eigenvalue weighted by Gasteiger charge is -2.30. The second kappa shape index (κ2) is 7.46. The van der Waals surface area contributed by atoms with Gasteiger partial charge in [0.15, 0.2) is 0 Å². The second-order valence-electron chi connectivity index (χ2n) is 5.11. The maximum absolute atomic E-state index is 12.3. The zero-order valence-corrected chi connectivity index (χ0v) is 12.5. The number of hydrogen-bond acceptors (Lipinski definition) is 4. The number of nitriles is 1. The Balaban J connectivity index is 1.90. The van der Waals surface area contributed by atoms with Crippen LogP contribution in [0.5, 0.6) is 0 Å². The van der Waals surface area contributed by atoms with Gasteiger partial charge in [-0.25, -0.2) is 4.79 Å². The van der Waals surface area contributed by atoms with Crippen LogP contribution in [0.1, 0.15) is 25.3 Å². The van der Waals surface area contributed by atoms with E-state index in [4.69, 9.17) is 10.00 Å². The van der Waals surface area contributed by atoms with Crippen LogP contribution in [-0.2, 0) is 9.53 Å². The molecule has 1 N–H and O–H groups in total. The number of nitrogens with one attached hydrogen (secondary N) is 1. The molecule has 1 saturated heterocycles. The van der Waals surface area contributed by atoms with Crippen molar-refractivity contribution in [3.63, 3.8) is 0 Å². The molecule has 22 heavy (non-hydrogen) atoms. The Morgan fingerprint density at radius 3 is 2.68 bits per heavy atom. The van der Waals surface area contributed by atoms with Crippen molar-refractivity contribution in [2.24, 2.45) is 5.92 Å². The molecule has 2 amide bonds. The van der Waals surface area contributed by atoms with Crippen LogP contribution < -0.4 is 5.32 Å². The van der Waals surface area contributed by atoms with Gasteiger partial charge in [-0.15, -0.1) is 0 Å². The summed E-state index contributed by atoms with van der Waals surface area (Å²) in [6.45, 7) is 3.14. The molecule has 0 aliphatic carbocycles. The van der Waals surface area contributed by atoms with Crippen molar-refractivity contribution in [3.05, 3.63) is 29.8 Å². The average Bonchev–Trinajstić information content (AvgIpc) is 2.55. The fraction of sp³-hybridized carbons (Fsp3) is 0.438. The molecule has 1 aromatic carbocycles. The molecular formula is C16H19N3O3. The molecule has 0 aromatic heterocycles. The zero-order chi connectivity index (χ0) is 15.9. The summed E-state index contributed by atoms with van der Waals surface area (Å²) in [4.78, 5) is 25.5. The molecule has 0 unspecified atom stereocenters. The number of likely N-dealkylation sites (tertiary alicyclic amines) is 1. The maximum Gasteiger partial charge on any atom is 0.409 e. The van der Waals surface area contributed by atoms with Gasteiger partial charge in [-0.05, 0) is 31.9 Å². The van der Waals surface area contributed by atoms with Crippen molar-refractivity contribution in [2.75, 3.05) is 25.0 Å². The van der Waals surface area contributed by atoms with E-state index in [1.807, 2.05) is 0 Å². The molecule has 1 aliphatic rings. The van der Waals surface area contributed by atoms with Crippen molar-refractivity contribution in [1.29, 1.82) is 5.26 Å². The van der Waals surface area contributed by atoms with E-state index in [9.17, 15) is 9.59 Å². The van der Waals surface area contributed by atoms with E-state index in [-0.39, 0.29) is 17.9 Å². The third kappa shape index (κ3) is 3.76. The number of piperidine rings is 1. The zero-order valence-electron chi connectivity index (χ0n) is 12.5. The van der Waals surface area contributed by atoms with Gasteiger partial charge in [0.25, 0.3) is 0 Å². The number of amides is 2. The van der Waals surface area contributed by atoms with Gasteiger partial charge in [0, 0.05) is 19.0 Å². The highest BCUT2D eigenvalue weighted by atomic mass is 16.6. The predicted octanol–water partition coefficient (Wildman–Crippen LogP) is 2.37. The summed E-state index contributed by atoms with van der Waals surface area (Å²) >= 11 is 0. The van der Waals surface area contributed by atoms with Gasteiger partial charge in [-0.1, -0.05) is 12.1 Å². The lowest BCUT2D eigenvalue weighted by atomic mass is 9.96. The molecular weight excluding hydrogens is 282 g/mol. The van der Waals surface area contributed by atoms with Crippen LogP contribution in [-0.4, -0.2) is 36.6 Å². The first-order chi connectivity index (χ1) is 10.7. The van der Waals surface area contributed by atoms with E-state index in [1.165, 1.54) is 0 Å². The minimum Gasteiger partial charge on any atom is -0.450 e. The minimum absolute atomic E-state index is 0.105. The molecule has 0 radical (unpaired) electrons. The minimum atomic E-state index is -0.323. The van der Waals surface area contributed by atoms with Crippen LogP contribution >= 0.6 is 0 Å². The van der Waals surface area contributed by atoms with Gasteiger partial charge in [0.1, 0.15) is 6.07 Å². The third-order valence-corrected chi connectivity index (χ3v) is 3.70. The number of nitrogens with zero attached hydrogens (tertiary/aromatic N) is 2. The van der Waals surface area contributed by atoms with Gasteiger partial charge < -0.3 is 15.0 Å². The predicted molar refractivity (Wildman–Crippen MR) is 81.1 cm³/mol. The first-order valence-electron chi connectivity index (χ1n) is 7.37. The van der Waals surface area contributed by atoms with E-state index in [1.54, 1.807) is 36.1 Å². The normalized spacial score (nSPS) is 15.0. The summed E-state index contributed by atoms with van der Waals surface area (Å²) in [7, 11) is 0. The number of benzene rings is 1. The summed E-state index contributed by atoms with van der Waals surface area (Å²) < 4.78 is 4.95. The van der Waals surface area contributed by atoms with E-state index in [2.05, 4.69) is 11.4 Å². The molecule has 0 bridgehead atoms. The summed E-state index contributed by atoms with van der Waals surface area (Å²) in [5.74, 6) is -0.261. The van der Waals surface area contributed by atoms with E-state index >= 15 is 0 Å². The Labute approximate surface area is 129 Å². The summed E-state index contributed by atoms with van der Waals surface area (Å²) in [6.07, 6.45) is 0.870. The number of carbonyl (C=O) groups excluding carboxylic acids is 2. The monoisotopic (exact) mass is 301 g/mol. The van der Waals surface area contributed by atoms with E-state index in [0.29, 0.717) is 43.8 Å². The third-order valence-electron chi connectivity index (χ3n) is 3.70. The molecule has 1 heterocycles. The van der Waals surface area contributed by atoms with Crippen molar-refractivity contribution < 1.29 is 14.3 Å². The molecule has 6 heteroatoms. The number of anilines is 1. The number of hydrogen-bond donors (Lipinski definition) is 1. The Hall–Kier alpha value is -2.55. The van der Waals surface area contributed by atoms with Crippen LogP contribution in [0.3, 0.4) is 0 Å². The molecule has 0 saturated carbocycles. The first-order valence-corrected chi connectivity index (χ1v) is 7.37. The standard InChI is InChI=1S/C16H19N3O3/c1-2-22-16(21)19-9-7-12(8-10-19)15(20)18-14-6-4-3-5-13(14)11-17/h3-6,12H,2,7-10H2,1H3,(H,18,20). The first kappa shape index (κ1) is 15.8. The van der Waals surface area contributed by atoms with Crippen LogP contribution in [0.25, 0.3) is 0 Å². The van der Waals surface area contributed by atoms with Crippen LogP contribution in [0.2, 0.25) is 0 Å². The van der Waals surface area contributed by atoms with E-state index < -0.39 is 0 Å². The molecule has 6 nitrogen and oxygen atoms in total. The smallest absolute Gasteiger partial charge is 0.409 e. The van der Waals surface area contributed by atoms with Crippen molar-refractivity contribution in [3.8, 4) is 6.07 Å². The maximum atomic E-state index is 12.3.